The molecule has 0 saturated heterocycles. The van der Waals surface area contributed by atoms with Gasteiger partial charge in [0.15, 0.2) is 0 Å². The van der Waals surface area contributed by atoms with Gasteiger partial charge in [0.25, 0.3) is 10.9 Å². The number of fused-ring (bicyclic) bond motifs is 1. The van der Waals surface area contributed by atoms with Crippen molar-refractivity contribution in [2.24, 2.45) is 24.1 Å². The monoisotopic (exact) mass is 300 g/mol. The van der Waals surface area contributed by atoms with Crippen molar-refractivity contribution in [3.8, 4) is 5.75 Å². The van der Waals surface area contributed by atoms with E-state index in [0.717, 1.165) is 10.3 Å². The molecule has 2 aromatic rings. The maximum atomic E-state index is 12.1. The Kier molecular flexibility index (Phi) is 3.21. The van der Waals surface area contributed by atoms with E-state index in [1.165, 1.54) is 11.6 Å². The van der Waals surface area contributed by atoms with Crippen LogP contribution in [0.4, 0.5) is 5.69 Å². The molecule has 1 aromatic carbocycles. The third-order valence-corrected chi connectivity index (χ3v) is 3.40. The largest absolute Gasteiger partial charge is 0.497 e. The lowest BCUT2D eigenvalue weighted by Gasteiger charge is -1.96. The van der Waals surface area contributed by atoms with Crippen LogP contribution in [0.1, 0.15) is 0 Å². The Bertz CT molecular complexity index is 1010. The summed E-state index contributed by atoms with van der Waals surface area (Å²) >= 11 is 0. The van der Waals surface area contributed by atoms with Gasteiger partial charge in [0.2, 0.25) is 5.49 Å². The molecule has 0 unspecified atom stereocenters. The Labute approximate surface area is 124 Å². The molecule has 8 heteroatoms. The van der Waals surface area contributed by atoms with E-state index in [1.54, 1.807) is 38.4 Å². The highest BCUT2D eigenvalue weighted by molar-refractivity contribution is 5.75. The fourth-order valence-electron chi connectivity index (χ4n) is 2.14. The number of aliphatic imine (C=N–C) groups is 1. The molecule has 0 aliphatic carbocycles. The summed E-state index contributed by atoms with van der Waals surface area (Å²) in [5.41, 5.74) is 0.129. The molecule has 2 heterocycles. The average molecular weight is 300 g/mol. The highest BCUT2D eigenvalue weighted by atomic mass is 16.5. The maximum Gasteiger partial charge on any atom is 0.383 e. The average Bonchev–Trinajstić information content (AvgIpc) is 2.95. The van der Waals surface area contributed by atoms with Crippen LogP contribution < -0.4 is 31.8 Å². The first-order valence-corrected chi connectivity index (χ1v) is 6.53. The van der Waals surface area contributed by atoms with E-state index in [0.29, 0.717) is 11.2 Å². The maximum absolute atomic E-state index is 12.1. The number of rotatable bonds is 2. The van der Waals surface area contributed by atoms with Gasteiger partial charge in [-0.3, -0.25) is 9.36 Å². The second-order valence-electron chi connectivity index (χ2n) is 4.77. The van der Waals surface area contributed by atoms with Crippen molar-refractivity contribution in [3.05, 3.63) is 55.9 Å². The number of guanidine groups is 1. The zero-order valence-electron chi connectivity index (χ0n) is 12.3. The van der Waals surface area contributed by atoms with Crippen molar-refractivity contribution in [2.75, 3.05) is 7.11 Å². The van der Waals surface area contributed by atoms with Gasteiger partial charge in [-0.05, 0) is 24.3 Å². The molecule has 1 aromatic heterocycles. The molecule has 22 heavy (non-hydrogen) atoms. The summed E-state index contributed by atoms with van der Waals surface area (Å²) in [4.78, 5) is 35.3. The van der Waals surface area contributed by atoms with Crippen molar-refractivity contribution in [1.29, 1.82) is 0 Å². The lowest BCUT2D eigenvalue weighted by Crippen LogP contribution is -2.83. The van der Waals surface area contributed by atoms with Crippen molar-refractivity contribution in [1.82, 2.24) is 9.13 Å². The van der Waals surface area contributed by atoms with Crippen LogP contribution in [0, 0.1) is 0 Å². The normalized spacial score (nSPS) is 14.4. The molecular formula is C14H14N5O3+. The zero-order chi connectivity index (χ0) is 15.9. The number of nitrogens with zero attached hydrogens (tertiary/aromatic N) is 4. The predicted molar refractivity (Wildman–Crippen MR) is 77.9 cm³/mol. The molecule has 0 spiro atoms. The Hall–Kier alpha value is -3.03. The quantitative estimate of drug-likeness (QED) is 0.645. The van der Waals surface area contributed by atoms with Crippen LogP contribution in [0.2, 0.25) is 0 Å². The number of hydrogen-bond acceptors (Lipinski definition) is 4. The van der Waals surface area contributed by atoms with Gasteiger partial charge < -0.3 is 4.74 Å². The summed E-state index contributed by atoms with van der Waals surface area (Å²) in [7, 11) is 4.57. The molecule has 1 aliphatic heterocycles. The topological polar surface area (TPSA) is 91.9 Å². The van der Waals surface area contributed by atoms with Crippen LogP contribution in [0.25, 0.3) is 0 Å². The van der Waals surface area contributed by atoms with Crippen molar-refractivity contribution < 1.29 is 9.73 Å². The Morgan fingerprint density at radius 1 is 1.14 bits per heavy atom. The van der Waals surface area contributed by atoms with Gasteiger partial charge in [-0.15, -0.1) is 4.99 Å². The van der Waals surface area contributed by atoms with E-state index in [4.69, 9.17) is 4.74 Å². The third kappa shape index (κ3) is 2.14. The first-order chi connectivity index (χ1) is 10.5. The molecule has 0 fully saturated rings. The van der Waals surface area contributed by atoms with Gasteiger partial charge in [0, 0.05) is 7.05 Å². The van der Waals surface area contributed by atoms with Crippen LogP contribution in [-0.2, 0) is 14.1 Å². The van der Waals surface area contributed by atoms with Crippen LogP contribution >= 0.6 is 0 Å². The Morgan fingerprint density at radius 3 is 2.45 bits per heavy atom. The highest BCUT2D eigenvalue weighted by Gasteiger charge is 2.19. The van der Waals surface area contributed by atoms with Crippen LogP contribution in [0.15, 0.2) is 43.8 Å². The van der Waals surface area contributed by atoms with Crippen molar-refractivity contribution in [3.63, 3.8) is 0 Å². The van der Waals surface area contributed by atoms with Gasteiger partial charge in [-0.1, -0.05) is 4.99 Å². The molecular weight excluding hydrogens is 286 g/mol. The van der Waals surface area contributed by atoms with E-state index < -0.39 is 11.2 Å². The fourth-order valence-corrected chi connectivity index (χ4v) is 2.14. The van der Waals surface area contributed by atoms with Crippen molar-refractivity contribution >= 4 is 11.6 Å². The van der Waals surface area contributed by atoms with Gasteiger partial charge in [0.1, 0.15) is 11.4 Å². The lowest BCUT2D eigenvalue weighted by atomic mass is 10.3. The van der Waals surface area contributed by atoms with E-state index in [2.05, 4.69) is 15.0 Å². The first-order valence-electron chi connectivity index (χ1n) is 6.53. The summed E-state index contributed by atoms with van der Waals surface area (Å²) in [5.74, 6) is 0.985. The summed E-state index contributed by atoms with van der Waals surface area (Å²) in [5, 5.41) is 0.178. The molecule has 0 amide bonds. The van der Waals surface area contributed by atoms with E-state index in [9.17, 15) is 9.59 Å². The number of aromatic nitrogens is 2. The second-order valence-corrected chi connectivity index (χ2v) is 4.77. The van der Waals surface area contributed by atoms with Gasteiger partial charge >= 0.3 is 11.6 Å². The number of nitrogens with one attached hydrogen (secondary N) is 1. The van der Waals surface area contributed by atoms with Gasteiger partial charge in [-0.2, -0.15) is 0 Å². The minimum absolute atomic E-state index is 0.178. The minimum atomic E-state index is -0.453. The van der Waals surface area contributed by atoms with Crippen LogP contribution in [0.5, 0.6) is 5.75 Å². The zero-order valence-corrected chi connectivity index (χ0v) is 12.3. The third-order valence-electron chi connectivity index (χ3n) is 3.40. The number of ether oxygens (including phenoxy) is 1. The van der Waals surface area contributed by atoms with E-state index in [-0.39, 0.29) is 11.3 Å². The molecule has 1 N–H and O–H groups in total. The molecule has 1 aliphatic rings. The highest BCUT2D eigenvalue weighted by Crippen LogP contribution is 2.17. The molecule has 0 bridgehead atoms. The van der Waals surface area contributed by atoms with Gasteiger partial charge in [-0.25, -0.2) is 14.4 Å². The van der Waals surface area contributed by atoms with Crippen LogP contribution in [0.3, 0.4) is 0 Å². The van der Waals surface area contributed by atoms with Crippen molar-refractivity contribution in [2.45, 2.75) is 0 Å². The van der Waals surface area contributed by atoms with E-state index in [1.807, 2.05) is 0 Å². The lowest BCUT2D eigenvalue weighted by molar-refractivity contribution is -0.371. The predicted octanol–water partition coefficient (Wildman–Crippen LogP) is -2.89. The molecule has 3 rings (SSSR count). The first kappa shape index (κ1) is 13.9. The molecule has 8 nitrogen and oxygen atoms in total. The Balaban J connectivity index is 2.16. The Morgan fingerprint density at radius 2 is 1.82 bits per heavy atom. The summed E-state index contributed by atoms with van der Waals surface area (Å²) < 4.78 is 7.42. The SMILES string of the molecule is COc1ccc(N=C2N=c3c(=O)n(C)c(=O)n(C)c3=[NH+]2)cc1. The second kappa shape index (κ2) is 5.06. The molecule has 112 valence electrons. The smallest absolute Gasteiger partial charge is 0.383 e. The summed E-state index contributed by atoms with van der Waals surface area (Å²) in [6, 6.07) is 7.08. The fraction of sp³-hybridized carbons (Fsp3) is 0.214. The minimum Gasteiger partial charge on any atom is -0.497 e. The molecule has 0 radical (unpaired) electrons. The van der Waals surface area contributed by atoms with Gasteiger partial charge in [0.05, 0.1) is 14.2 Å². The number of hydrogen-bond donors (Lipinski definition) is 1. The number of benzene rings is 1. The summed E-state index contributed by atoms with van der Waals surface area (Å²) in [6.45, 7) is 0. The molecule has 0 atom stereocenters. The number of methoxy groups -OCH3 is 1. The van der Waals surface area contributed by atoms with E-state index >= 15 is 0 Å². The standard InChI is InChI=1S/C14H13N5O3/c1-18-11-10(12(20)19(2)14(18)21)16-13(17-11)15-8-4-6-9(22-3)7-5-8/h4-7H,1-3H3/p+1. The van der Waals surface area contributed by atoms with Crippen LogP contribution in [-0.4, -0.2) is 22.2 Å². The molecule has 0 saturated carbocycles. The summed E-state index contributed by atoms with van der Waals surface area (Å²) in [6.07, 6.45) is 0.